The van der Waals surface area contributed by atoms with Crippen molar-refractivity contribution in [1.29, 1.82) is 0 Å². The molecule has 0 spiro atoms. The monoisotopic (exact) mass is 409 g/mol. The minimum Gasteiger partial charge on any atom is -0.496 e. The van der Waals surface area contributed by atoms with Crippen LogP contribution in [-0.4, -0.2) is 28.1 Å². The molecule has 0 radical (unpaired) electrons. The fourth-order valence-electron chi connectivity index (χ4n) is 2.69. The van der Waals surface area contributed by atoms with E-state index in [-0.39, 0.29) is 6.79 Å². The van der Waals surface area contributed by atoms with Crippen LogP contribution in [0.2, 0.25) is 0 Å². The third kappa shape index (κ3) is 3.77. The van der Waals surface area contributed by atoms with Crippen LogP contribution in [0, 0.1) is 0 Å². The molecule has 0 saturated heterocycles. The molecular formula is C18H20BrNO5. The summed E-state index contributed by atoms with van der Waals surface area (Å²) in [7, 11) is 4.86. The minimum absolute atomic E-state index is 0.258. The predicted octanol–water partition coefficient (Wildman–Crippen LogP) is 3.49. The van der Waals surface area contributed by atoms with Crippen molar-refractivity contribution in [3.63, 3.8) is 0 Å². The summed E-state index contributed by atoms with van der Waals surface area (Å²) in [6.07, 6.45) is 0. The molecule has 0 fully saturated rings. The molecule has 1 heterocycles. The molecule has 1 aliphatic heterocycles. The van der Waals surface area contributed by atoms with E-state index in [0.29, 0.717) is 24.6 Å². The highest BCUT2D eigenvalue weighted by molar-refractivity contribution is 9.10. The van der Waals surface area contributed by atoms with E-state index in [0.717, 1.165) is 32.8 Å². The molecule has 6 nitrogen and oxygen atoms in total. The molecule has 1 N–H and O–H groups in total. The fraction of sp³-hybridized carbons (Fsp3) is 0.333. The summed E-state index contributed by atoms with van der Waals surface area (Å²) < 4.78 is 27.9. The van der Waals surface area contributed by atoms with Gasteiger partial charge in [0.05, 0.1) is 25.8 Å². The largest absolute Gasteiger partial charge is 0.496 e. The number of hydrogen-bond acceptors (Lipinski definition) is 6. The van der Waals surface area contributed by atoms with Crippen LogP contribution in [0.1, 0.15) is 11.1 Å². The van der Waals surface area contributed by atoms with Crippen molar-refractivity contribution >= 4 is 15.9 Å². The molecule has 0 saturated carbocycles. The smallest absolute Gasteiger partial charge is 0.231 e. The molecule has 25 heavy (non-hydrogen) atoms. The minimum atomic E-state index is 0.258. The number of hydrogen-bond donors (Lipinski definition) is 1. The average Bonchev–Trinajstić information content (AvgIpc) is 3.10. The molecule has 2 aromatic carbocycles. The Morgan fingerprint density at radius 2 is 1.64 bits per heavy atom. The zero-order chi connectivity index (χ0) is 17.8. The zero-order valence-corrected chi connectivity index (χ0v) is 15.9. The zero-order valence-electron chi connectivity index (χ0n) is 14.3. The van der Waals surface area contributed by atoms with Gasteiger partial charge < -0.3 is 29.0 Å². The second kappa shape index (κ2) is 7.84. The quantitative estimate of drug-likeness (QED) is 0.754. The first kappa shape index (κ1) is 17.7. The summed E-state index contributed by atoms with van der Waals surface area (Å²) in [5.41, 5.74) is 2.08. The van der Waals surface area contributed by atoms with E-state index in [1.165, 1.54) is 0 Å². The van der Waals surface area contributed by atoms with Crippen LogP contribution in [0.5, 0.6) is 28.7 Å². The van der Waals surface area contributed by atoms with Crippen LogP contribution in [0.25, 0.3) is 0 Å². The van der Waals surface area contributed by atoms with Gasteiger partial charge in [-0.2, -0.15) is 0 Å². The Labute approximate surface area is 155 Å². The summed E-state index contributed by atoms with van der Waals surface area (Å²) in [5.74, 6) is 3.57. The van der Waals surface area contributed by atoms with E-state index in [1.807, 2.05) is 24.3 Å². The summed E-state index contributed by atoms with van der Waals surface area (Å²) >= 11 is 3.51. The first-order valence-corrected chi connectivity index (χ1v) is 8.53. The SMILES string of the molecule is COc1cc(OC)c(OC)cc1CNCc1cc(Br)c2c(c1)OCO2. The van der Waals surface area contributed by atoms with Crippen LogP contribution in [0.4, 0.5) is 0 Å². The van der Waals surface area contributed by atoms with E-state index in [4.69, 9.17) is 23.7 Å². The molecular weight excluding hydrogens is 390 g/mol. The standard InChI is InChI=1S/C18H20BrNO5/c1-21-14-7-16(23-3)15(22-2)6-12(14)9-20-8-11-4-13(19)18-17(5-11)24-10-25-18/h4-7,20H,8-10H2,1-3H3. The van der Waals surface area contributed by atoms with Gasteiger partial charge in [-0.05, 0) is 39.7 Å². The number of ether oxygens (including phenoxy) is 5. The van der Waals surface area contributed by atoms with Crippen molar-refractivity contribution in [3.05, 3.63) is 39.9 Å². The van der Waals surface area contributed by atoms with Gasteiger partial charge in [0.1, 0.15) is 5.75 Å². The van der Waals surface area contributed by atoms with Crippen molar-refractivity contribution in [3.8, 4) is 28.7 Å². The number of fused-ring (bicyclic) bond motifs is 1. The van der Waals surface area contributed by atoms with Gasteiger partial charge in [0, 0.05) is 24.7 Å². The molecule has 7 heteroatoms. The lowest BCUT2D eigenvalue weighted by Crippen LogP contribution is -2.13. The predicted molar refractivity (Wildman–Crippen MR) is 96.9 cm³/mol. The summed E-state index contributed by atoms with van der Waals surface area (Å²) in [6, 6.07) is 7.74. The van der Waals surface area contributed by atoms with Crippen LogP contribution < -0.4 is 29.0 Å². The highest BCUT2D eigenvalue weighted by Crippen LogP contribution is 2.40. The maximum atomic E-state index is 5.45. The molecule has 134 valence electrons. The van der Waals surface area contributed by atoms with Crippen molar-refractivity contribution in [1.82, 2.24) is 5.32 Å². The van der Waals surface area contributed by atoms with E-state index in [2.05, 4.69) is 21.2 Å². The van der Waals surface area contributed by atoms with Gasteiger partial charge in [0.25, 0.3) is 0 Å². The summed E-state index contributed by atoms with van der Waals surface area (Å²) in [4.78, 5) is 0. The Kier molecular flexibility index (Phi) is 5.55. The lowest BCUT2D eigenvalue weighted by atomic mass is 10.1. The molecule has 2 aromatic rings. The van der Waals surface area contributed by atoms with Crippen molar-refractivity contribution < 1.29 is 23.7 Å². The molecule has 0 aromatic heterocycles. The first-order valence-electron chi connectivity index (χ1n) is 7.74. The van der Waals surface area contributed by atoms with E-state index in [9.17, 15) is 0 Å². The molecule has 0 atom stereocenters. The Balaban J connectivity index is 1.71. The maximum absolute atomic E-state index is 5.45. The van der Waals surface area contributed by atoms with Crippen LogP contribution in [-0.2, 0) is 13.1 Å². The van der Waals surface area contributed by atoms with Gasteiger partial charge in [0.2, 0.25) is 6.79 Å². The third-order valence-electron chi connectivity index (χ3n) is 3.92. The van der Waals surface area contributed by atoms with Gasteiger partial charge in [0.15, 0.2) is 23.0 Å². The Morgan fingerprint density at radius 3 is 2.36 bits per heavy atom. The van der Waals surface area contributed by atoms with Crippen LogP contribution in [0.15, 0.2) is 28.7 Å². The fourth-order valence-corrected chi connectivity index (χ4v) is 3.30. The second-order valence-corrected chi connectivity index (χ2v) is 6.29. The van der Waals surface area contributed by atoms with Crippen molar-refractivity contribution in [2.45, 2.75) is 13.1 Å². The molecule has 0 bridgehead atoms. The number of benzene rings is 2. The molecule has 0 amide bonds. The highest BCUT2D eigenvalue weighted by Gasteiger charge is 2.18. The van der Waals surface area contributed by atoms with Crippen molar-refractivity contribution in [2.24, 2.45) is 0 Å². The Morgan fingerprint density at radius 1 is 0.920 bits per heavy atom. The van der Waals surface area contributed by atoms with E-state index >= 15 is 0 Å². The Hall–Kier alpha value is -2.12. The summed E-state index contributed by atoms with van der Waals surface area (Å²) in [6.45, 7) is 1.55. The second-order valence-electron chi connectivity index (χ2n) is 5.43. The lowest BCUT2D eigenvalue weighted by Gasteiger charge is -2.15. The molecule has 1 aliphatic rings. The Bertz CT molecular complexity index is 766. The first-order chi connectivity index (χ1) is 12.2. The topological polar surface area (TPSA) is 58.2 Å². The van der Waals surface area contributed by atoms with Crippen LogP contribution in [0.3, 0.4) is 0 Å². The number of methoxy groups -OCH3 is 3. The van der Waals surface area contributed by atoms with Gasteiger partial charge in [-0.15, -0.1) is 0 Å². The number of halogens is 1. The van der Waals surface area contributed by atoms with E-state index < -0.39 is 0 Å². The maximum Gasteiger partial charge on any atom is 0.231 e. The average molecular weight is 410 g/mol. The number of rotatable bonds is 7. The lowest BCUT2D eigenvalue weighted by molar-refractivity contribution is 0.173. The molecule has 3 rings (SSSR count). The third-order valence-corrected chi connectivity index (χ3v) is 4.51. The highest BCUT2D eigenvalue weighted by atomic mass is 79.9. The van der Waals surface area contributed by atoms with Gasteiger partial charge in [-0.25, -0.2) is 0 Å². The van der Waals surface area contributed by atoms with Gasteiger partial charge in [-0.1, -0.05) is 0 Å². The molecule has 0 unspecified atom stereocenters. The number of nitrogens with one attached hydrogen (secondary N) is 1. The van der Waals surface area contributed by atoms with E-state index in [1.54, 1.807) is 21.3 Å². The van der Waals surface area contributed by atoms with Gasteiger partial charge >= 0.3 is 0 Å². The van der Waals surface area contributed by atoms with Gasteiger partial charge in [-0.3, -0.25) is 0 Å². The molecule has 0 aliphatic carbocycles. The van der Waals surface area contributed by atoms with Crippen molar-refractivity contribution in [2.75, 3.05) is 28.1 Å². The van der Waals surface area contributed by atoms with Crippen LogP contribution >= 0.6 is 15.9 Å². The normalized spacial score (nSPS) is 12.2. The summed E-state index contributed by atoms with van der Waals surface area (Å²) in [5, 5.41) is 3.41.